The third kappa shape index (κ3) is 7.79. The van der Waals surface area contributed by atoms with Gasteiger partial charge in [0.2, 0.25) is 17.7 Å². The minimum Gasteiger partial charge on any atom is -0.480 e. The minimum atomic E-state index is -1.52. The molecule has 9 N–H and O–H groups in total. The SMILES string of the molecule is CC(C)CC(NC(=O)C(Cc1c[nH]c2ccccc12)NC(=O)C(N)Cc1c[nH]c2ccccc12)C(=O)NC(CO)C(=O)O. The van der Waals surface area contributed by atoms with Crippen molar-refractivity contribution in [2.24, 2.45) is 11.7 Å². The largest absolute Gasteiger partial charge is 0.480 e. The molecule has 43 heavy (non-hydrogen) atoms. The molecule has 12 heteroatoms. The molecule has 0 saturated heterocycles. The van der Waals surface area contributed by atoms with Crippen molar-refractivity contribution in [3.8, 4) is 0 Å². The minimum absolute atomic E-state index is 0.0419. The van der Waals surface area contributed by atoms with Crippen molar-refractivity contribution in [1.82, 2.24) is 25.9 Å². The number of aromatic amines is 2. The molecule has 4 aromatic rings. The van der Waals surface area contributed by atoms with E-state index in [1.54, 1.807) is 12.4 Å². The topological polar surface area (TPSA) is 202 Å². The van der Waals surface area contributed by atoms with Gasteiger partial charge in [-0.3, -0.25) is 14.4 Å². The van der Waals surface area contributed by atoms with Crippen LogP contribution in [0.2, 0.25) is 0 Å². The molecule has 0 aliphatic carbocycles. The number of H-pyrrole nitrogens is 2. The first-order valence-corrected chi connectivity index (χ1v) is 14.2. The van der Waals surface area contributed by atoms with E-state index in [4.69, 9.17) is 5.73 Å². The van der Waals surface area contributed by atoms with E-state index in [-0.39, 0.29) is 25.2 Å². The van der Waals surface area contributed by atoms with Crippen LogP contribution in [-0.4, -0.2) is 74.6 Å². The molecule has 0 spiro atoms. The maximum Gasteiger partial charge on any atom is 0.328 e. The maximum absolute atomic E-state index is 13.7. The predicted octanol–water partition coefficient (Wildman–Crippen LogP) is 1.34. The number of aromatic nitrogens is 2. The summed E-state index contributed by atoms with van der Waals surface area (Å²) in [7, 11) is 0. The molecule has 228 valence electrons. The Morgan fingerprint density at radius 2 is 1.23 bits per heavy atom. The van der Waals surface area contributed by atoms with Crippen molar-refractivity contribution in [3.63, 3.8) is 0 Å². The summed E-state index contributed by atoms with van der Waals surface area (Å²) >= 11 is 0. The first-order chi connectivity index (χ1) is 20.6. The number of hydrogen-bond donors (Lipinski definition) is 8. The molecule has 3 amide bonds. The highest BCUT2D eigenvalue weighted by molar-refractivity contribution is 5.95. The van der Waals surface area contributed by atoms with Crippen LogP contribution in [0.15, 0.2) is 60.9 Å². The fourth-order valence-electron chi connectivity index (χ4n) is 5.07. The number of carbonyl (C=O) groups is 4. The van der Waals surface area contributed by atoms with E-state index in [9.17, 15) is 29.4 Å². The third-order valence-electron chi connectivity index (χ3n) is 7.32. The first kappa shape index (κ1) is 31.3. The van der Waals surface area contributed by atoms with Gasteiger partial charge in [-0.05, 0) is 42.0 Å². The van der Waals surface area contributed by atoms with Crippen LogP contribution in [0, 0.1) is 5.92 Å². The number of carboxylic acid groups (broad SMARTS) is 1. The lowest BCUT2D eigenvalue weighted by Crippen LogP contribution is -2.58. The van der Waals surface area contributed by atoms with Crippen molar-refractivity contribution in [1.29, 1.82) is 0 Å². The Morgan fingerprint density at radius 3 is 1.77 bits per heavy atom. The number of fused-ring (bicyclic) bond motifs is 2. The molecule has 2 heterocycles. The maximum atomic E-state index is 13.7. The molecule has 2 aromatic carbocycles. The van der Waals surface area contributed by atoms with Crippen LogP contribution < -0.4 is 21.7 Å². The van der Waals surface area contributed by atoms with Gasteiger partial charge in [-0.2, -0.15) is 0 Å². The number of nitrogens with one attached hydrogen (secondary N) is 5. The van der Waals surface area contributed by atoms with Crippen molar-refractivity contribution >= 4 is 45.5 Å². The van der Waals surface area contributed by atoms with Crippen molar-refractivity contribution in [2.45, 2.75) is 57.3 Å². The number of aliphatic carboxylic acids is 1. The Labute approximate surface area is 248 Å². The molecule has 12 nitrogen and oxygen atoms in total. The molecular formula is C31H38N6O6. The van der Waals surface area contributed by atoms with Gasteiger partial charge in [-0.15, -0.1) is 0 Å². The molecule has 0 aliphatic heterocycles. The van der Waals surface area contributed by atoms with E-state index in [0.29, 0.717) is 0 Å². The Hall–Kier alpha value is -4.68. The zero-order valence-corrected chi connectivity index (χ0v) is 24.1. The molecule has 4 atom stereocenters. The van der Waals surface area contributed by atoms with Gasteiger partial charge in [-0.25, -0.2) is 4.79 Å². The normalized spacial score (nSPS) is 14.3. The number of carboxylic acids is 1. The molecule has 4 rings (SSSR count). The van der Waals surface area contributed by atoms with Crippen LogP contribution in [0.4, 0.5) is 0 Å². The summed E-state index contributed by atoms with van der Waals surface area (Å²) in [6, 6.07) is 10.5. The number of hydrogen-bond acceptors (Lipinski definition) is 6. The summed E-state index contributed by atoms with van der Waals surface area (Å²) in [6.07, 6.45) is 4.10. The highest BCUT2D eigenvalue weighted by Gasteiger charge is 2.31. The number of para-hydroxylation sites is 2. The van der Waals surface area contributed by atoms with Gasteiger partial charge in [0.05, 0.1) is 12.6 Å². The van der Waals surface area contributed by atoms with Gasteiger partial charge < -0.3 is 41.9 Å². The Balaban J connectivity index is 1.55. The fourth-order valence-corrected chi connectivity index (χ4v) is 5.07. The number of benzene rings is 2. The van der Waals surface area contributed by atoms with Gasteiger partial charge in [-0.1, -0.05) is 50.2 Å². The number of aliphatic hydroxyl groups excluding tert-OH is 1. The van der Waals surface area contributed by atoms with E-state index >= 15 is 0 Å². The molecular weight excluding hydrogens is 552 g/mol. The molecule has 2 aromatic heterocycles. The average molecular weight is 591 g/mol. The lowest BCUT2D eigenvalue weighted by Gasteiger charge is -2.26. The van der Waals surface area contributed by atoms with E-state index in [2.05, 4.69) is 25.9 Å². The number of aliphatic hydroxyl groups is 1. The Morgan fingerprint density at radius 1 is 0.744 bits per heavy atom. The van der Waals surface area contributed by atoms with Crippen molar-refractivity contribution in [3.05, 3.63) is 72.1 Å². The monoisotopic (exact) mass is 590 g/mol. The Kier molecular flexibility index (Phi) is 10.2. The molecule has 4 unspecified atom stereocenters. The quantitative estimate of drug-likeness (QED) is 0.108. The van der Waals surface area contributed by atoms with Gasteiger partial charge in [0, 0.05) is 40.6 Å². The molecule has 0 radical (unpaired) electrons. The lowest BCUT2D eigenvalue weighted by atomic mass is 10.00. The van der Waals surface area contributed by atoms with Gasteiger partial charge in [0.15, 0.2) is 0 Å². The molecule has 0 aliphatic rings. The summed E-state index contributed by atoms with van der Waals surface area (Å²) in [5.74, 6) is -3.37. The zero-order chi connectivity index (χ0) is 31.1. The van der Waals surface area contributed by atoms with Crippen LogP contribution in [0.3, 0.4) is 0 Å². The molecule has 0 bridgehead atoms. The van der Waals surface area contributed by atoms with Gasteiger partial charge in [0.25, 0.3) is 0 Å². The summed E-state index contributed by atoms with van der Waals surface area (Å²) in [5.41, 5.74) is 9.74. The number of amides is 3. The number of carbonyl (C=O) groups excluding carboxylic acids is 3. The second-order valence-electron chi connectivity index (χ2n) is 11.1. The summed E-state index contributed by atoms with van der Waals surface area (Å²) in [5, 5.41) is 28.2. The van der Waals surface area contributed by atoms with Crippen LogP contribution in [0.5, 0.6) is 0 Å². The smallest absolute Gasteiger partial charge is 0.328 e. The standard InChI is InChI=1S/C31H38N6O6/c1-17(2)11-25(29(40)37-27(16-38)31(42)43)36-30(41)26(13-19-15-34-24-10-6-4-8-21(19)24)35-28(39)22(32)12-18-14-33-23-9-5-3-7-20(18)23/h3-10,14-15,17,22,25-27,33-34,38H,11-13,16,32H2,1-2H3,(H,35,39)(H,36,41)(H,37,40)(H,42,43). The van der Waals surface area contributed by atoms with Crippen LogP contribution >= 0.6 is 0 Å². The molecule has 0 fully saturated rings. The Bertz CT molecular complexity index is 1590. The summed E-state index contributed by atoms with van der Waals surface area (Å²) in [6.45, 7) is 2.89. The van der Waals surface area contributed by atoms with Crippen LogP contribution in [-0.2, 0) is 32.0 Å². The molecule has 0 saturated carbocycles. The third-order valence-corrected chi connectivity index (χ3v) is 7.32. The van der Waals surface area contributed by atoms with Crippen LogP contribution in [0.1, 0.15) is 31.4 Å². The average Bonchev–Trinajstić information content (AvgIpc) is 3.58. The van der Waals surface area contributed by atoms with Crippen LogP contribution in [0.25, 0.3) is 21.8 Å². The summed E-state index contributed by atoms with van der Waals surface area (Å²) in [4.78, 5) is 57.8. The highest BCUT2D eigenvalue weighted by Crippen LogP contribution is 2.21. The highest BCUT2D eigenvalue weighted by atomic mass is 16.4. The number of rotatable bonds is 14. The van der Waals surface area contributed by atoms with E-state index in [0.717, 1.165) is 32.9 Å². The number of nitrogens with two attached hydrogens (primary N) is 1. The van der Waals surface area contributed by atoms with E-state index in [1.165, 1.54) is 0 Å². The van der Waals surface area contributed by atoms with Crippen molar-refractivity contribution < 1.29 is 29.4 Å². The van der Waals surface area contributed by atoms with E-state index < -0.39 is 54.5 Å². The van der Waals surface area contributed by atoms with E-state index in [1.807, 2.05) is 62.4 Å². The predicted molar refractivity (Wildman–Crippen MR) is 162 cm³/mol. The fraction of sp³-hybridized carbons (Fsp3) is 0.355. The zero-order valence-electron chi connectivity index (χ0n) is 24.1. The second-order valence-corrected chi connectivity index (χ2v) is 11.1. The van der Waals surface area contributed by atoms with Gasteiger partial charge >= 0.3 is 5.97 Å². The lowest BCUT2D eigenvalue weighted by molar-refractivity contribution is -0.143. The van der Waals surface area contributed by atoms with Crippen molar-refractivity contribution in [2.75, 3.05) is 6.61 Å². The van der Waals surface area contributed by atoms with Gasteiger partial charge in [0.1, 0.15) is 18.1 Å². The second kappa shape index (κ2) is 14.0. The summed E-state index contributed by atoms with van der Waals surface area (Å²) < 4.78 is 0. The first-order valence-electron chi connectivity index (χ1n) is 14.2.